The van der Waals surface area contributed by atoms with Crippen molar-refractivity contribution in [1.82, 2.24) is 15.2 Å². The molecular formula is C12H19N3OS. The molecule has 0 unspecified atom stereocenters. The molecule has 0 spiro atoms. The van der Waals surface area contributed by atoms with Crippen LogP contribution in [0.15, 0.2) is 5.38 Å². The van der Waals surface area contributed by atoms with E-state index in [0.29, 0.717) is 13.0 Å². The highest BCUT2D eigenvalue weighted by atomic mass is 32.1. The maximum atomic E-state index is 11.9. The van der Waals surface area contributed by atoms with Crippen LogP contribution in [-0.4, -0.2) is 48.4 Å². The molecule has 17 heavy (non-hydrogen) atoms. The number of carbonyl (C=O) groups excluding carboxylic acids is 1. The summed E-state index contributed by atoms with van der Waals surface area (Å²) >= 11 is 1.58. The normalized spacial score (nSPS) is 17.9. The van der Waals surface area contributed by atoms with E-state index in [1.165, 1.54) is 0 Å². The Morgan fingerprint density at radius 1 is 1.53 bits per heavy atom. The monoisotopic (exact) mass is 253 g/mol. The smallest absolute Gasteiger partial charge is 0.153 e. The Kier molecular flexibility index (Phi) is 4.65. The molecule has 2 rings (SSSR count). The van der Waals surface area contributed by atoms with E-state index < -0.39 is 0 Å². The van der Waals surface area contributed by atoms with Gasteiger partial charge in [0.2, 0.25) is 0 Å². The highest BCUT2D eigenvalue weighted by molar-refractivity contribution is 7.09. The summed E-state index contributed by atoms with van der Waals surface area (Å²) in [5.74, 6) is 0.279. The number of aromatic nitrogens is 1. The van der Waals surface area contributed by atoms with E-state index in [2.05, 4.69) is 15.2 Å². The highest BCUT2D eigenvalue weighted by Gasteiger charge is 2.14. The SMILES string of the molecule is Cc1csc(CC(=O)CN2CCCNCC2)n1. The Hall–Kier alpha value is -0.780. The van der Waals surface area contributed by atoms with Crippen LogP contribution in [-0.2, 0) is 11.2 Å². The Balaban J connectivity index is 1.80. The summed E-state index contributed by atoms with van der Waals surface area (Å²) in [6, 6.07) is 0. The molecule has 0 aromatic carbocycles. The standard InChI is InChI=1S/C12H19N3OS/c1-10-9-17-12(14-10)7-11(16)8-15-5-2-3-13-4-6-15/h9,13H,2-8H2,1H3. The van der Waals surface area contributed by atoms with E-state index in [1.807, 2.05) is 12.3 Å². The molecule has 0 radical (unpaired) electrons. The fourth-order valence-electron chi connectivity index (χ4n) is 2.02. The number of hydrogen-bond acceptors (Lipinski definition) is 5. The first-order valence-electron chi connectivity index (χ1n) is 6.10. The largest absolute Gasteiger partial charge is 0.315 e. The van der Waals surface area contributed by atoms with Gasteiger partial charge in [-0.2, -0.15) is 0 Å². The molecule has 0 amide bonds. The van der Waals surface area contributed by atoms with Crippen molar-refractivity contribution >= 4 is 17.1 Å². The minimum atomic E-state index is 0.279. The third-order valence-corrected chi connectivity index (χ3v) is 3.81. The summed E-state index contributed by atoms with van der Waals surface area (Å²) in [4.78, 5) is 18.5. The Bertz CT molecular complexity index is 370. The molecule has 0 saturated carbocycles. The van der Waals surface area contributed by atoms with Gasteiger partial charge in [-0.05, 0) is 26.4 Å². The average Bonchev–Trinajstić information content (AvgIpc) is 2.53. The number of nitrogens with one attached hydrogen (secondary N) is 1. The van der Waals surface area contributed by atoms with Crippen LogP contribution < -0.4 is 5.32 Å². The molecule has 5 heteroatoms. The van der Waals surface area contributed by atoms with E-state index in [1.54, 1.807) is 11.3 Å². The summed E-state index contributed by atoms with van der Waals surface area (Å²) in [6.07, 6.45) is 1.62. The first-order chi connectivity index (χ1) is 8.24. The number of ketones is 1. The predicted octanol–water partition coefficient (Wildman–Crippen LogP) is 0.858. The fourth-order valence-corrected chi connectivity index (χ4v) is 2.82. The van der Waals surface area contributed by atoms with Gasteiger partial charge in [-0.3, -0.25) is 9.69 Å². The molecule has 4 nitrogen and oxygen atoms in total. The molecule has 1 aromatic heterocycles. The number of Topliss-reactive ketones (excluding diaryl/α,β-unsaturated/α-hetero) is 1. The third kappa shape index (κ3) is 4.18. The second kappa shape index (κ2) is 6.23. The minimum absolute atomic E-state index is 0.279. The molecule has 0 aliphatic carbocycles. The van der Waals surface area contributed by atoms with Crippen molar-refractivity contribution in [3.8, 4) is 0 Å². The molecule has 1 aromatic rings. The van der Waals surface area contributed by atoms with Gasteiger partial charge in [0, 0.05) is 24.2 Å². The number of hydrogen-bond donors (Lipinski definition) is 1. The van der Waals surface area contributed by atoms with Gasteiger partial charge >= 0.3 is 0 Å². The maximum absolute atomic E-state index is 11.9. The van der Waals surface area contributed by atoms with Gasteiger partial charge in [0.15, 0.2) is 5.78 Å². The average molecular weight is 253 g/mol. The van der Waals surface area contributed by atoms with E-state index >= 15 is 0 Å². The van der Waals surface area contributed by atoms with Gasteiger partial charge in [-0.1, -0.05) is 0 Å². The van der Waals surface area contributed by atoms with Crippen molar-refractivity contribution in [2.75, 3.05) is 32.7 Å². The molecular weight excluding hydrogens is 234 g/mol. The molecule has 1 aliphatic heterocycles. The zero-order chi connectivity index (χ0) is 12.1. The Morgan fingerprint density at radius 3 is 3.18 bits per heavy atom. The number of rotatable bonds is 4. The summed E-state index contributed by atoms with van der Waals surface area (Å²) in [7, 11) is 0. The zero-order valence-corrected chi connectivity index (χ0v) is 11.1. The zero-order valence-electron chi connectivity index (χ0n) is 10.2. The third-order valence-electron chi connectivity index (χ3n) is 2.85. The van der Waals surface area contributed by atoms with Crippen LogP contribution in [0.4, 0.5) is 0 Å². The van der Waals surface area contributed by atoms with E-state index in [4.69, 9.17) is 0 Å². The summed E-state index contributed by atoms with van der Waals surface area (Å²) in [5.41, 5.74) is 1.01. The molecule has 0 bridgehead atoms. The first-order valence-corrected chi connectivity index (χ1v) is 6.98. The topological polar surface area (TPSA) is 45.2 Å². The molecule has 1 aliphatic rings. The second-order valence-electron chi connectivity index (χ2n) is 4.48. The molecule has 1 N–H and O–H groups in total. The van der Waals surface area contributed by atoms with Crippen molar-refractivity contribution in [1.29, 1.82) is 0 Å². The highest BCUT2D eigenvalue weighted by Crippen LogP contribution is 2.10. The van der Waals surface area contributed by atoms with Crippen molar-refractivity contribution in [2.24, 2.45) is 0 Å². The van der Waals surface area contributed by atoms with Gasteiger partial charge in [-0.25, -0.2) is 4.98 Å². The van der Waals surface area contributed by atoms with Crippen molar-refractivity contribution in [3.05, 3.63) is 16.1 Å². The van der Waals surface area contributed by atoms with Crippen molar-refractivity contribution < 1.29 is 4.79 Å². The number of nitrogens with zero attached hydrogens (tertiary/aromatic N) is 2. The lowest BCUT2D eigenvalue weighted by Crippen LogP contribution is -2.33. The van der Waals surface area contributed by atoms with Gasteiger partial charge in [0.1, 0.15) is 5.01 Å². The van der Waals surface area contributed by atoms with Gasteiger partial charge in [-0.15, -0.1) is 11.3 Å². The van der Waals surface area contributed by atoms with Crippen LogP contribution in [0.25, 0.3) is 0 Å². The van der Waals surface area contributed by atoms with Crippen LogP contribution in [0.1, 0.15) is 17.1 Å². The van der Waals surface area contributed by atoms with Crippen molar-refractivity contribution in [2.45, 2.75) is 19.8 Å². The number of aryl methyl sites for hydroxylation is 1. The van der Waals surface area contributed by atoms with E-state index in [0.717, 1.165) is 43.3 Å². The van der Waals surface area contributed by atoms with Crippen LogP contribution in [0.2, 0.25) is 0 Å². The fraction of sp³-hybridized carbons (Fsp3) is 0.667. The van der Waals surface area contributed by atoms with Crippen LogP contribution in [0, 0.1) is 6.92 Å². The Morgan fingerprint density at radius 2 is 2.41 bits per heavy atom. The first kappa shape index (κ1) is 12.7. The molecule has 2 heterocycles. The summed E-state index contributed by atoms with van der Waals surface area (Å²) in [6.45, 7) is 6.59. The Labute approximate surface area is 106 Å². The maximum Gasteiger partial charge on any atom is 0.153 e. The number of thiazole rings is 1. The number of carbonyl (C=O) groups is 1. The summed E-state index contributed by atoms with van der Waals surface area (Å²) in [5, 5.41) is 6.28. The van der Waals surface area contributed by atoms with Crippen LogP contribution in [0.3, 0.4) is 0 Å². The van der Waals surface area contributed by atoms with Crippen LogP contribution >= 0.6 is 11.3 Å². The van der Waals surface area contributed by atoms with Crippen molar-refractivity contribution in [3.63, 3.8) is 0 Å². The van der Waals surface area contributed by atoms with Gasteiger partial charge in [0.05, 0.1) is 13.0 Å². The summed E-state index contributed by atoms with van der Waals surface area (Å²) < 4.78 is 0. The molecule has 1 saturated heterocycles. The van der Waals surface area contributed by atoms with E-state index in [-0.39, 0.29) is 5.78 Å². The lowest BCUT2D eigenvalue weighted by atomic mass is 10.2. The van der Waals surface area contributed by atoms with Gasteiger partial charge < -0.3 is 5.32 Å². The van der Waals surface area contributed by atoms with Crippen LogP contribution in [0.5, 0.6) is 0 Å². The van der Waals surface area contributed by atoms with Gasteiger partial charge in [0.25, 0.3) is 0 Å². The predicted molar refractivity (Wildman–Crippen MR) is 69.5 cm³/mol. The minimum Gasteiger partial charge on any atom is -0.315 e. The molecule has 1 fully saturated rings. The molecule has 0 atom stereocenters. The lowest BCUT2D eigenvalue weighted by Gasteiger charge is -2.17. The molecule has 94 valence electrons. The second-order valence-corrected chi connectivity index (χ2v) is 5.42. The lowest BCUT2D eigenvalue weighted by molar-refractivity contribution is -0.119. The quantitative estimate of drug-likeness (QED) is 0.864. The van der Waals surface area contributed by atoms with E-state index in [9.17, 15) is 4.79 Å².